The molecule has 2 atom stereocenters. The normalized spacial score (nSPS) is 19.0. The Balaban J connectivity index is 1.32. The van der Waals surface area contributed by atoms with E-state index in [1.165, 1.54) is 6.39 Å². The molecule has 210 valence electrons. The fourth-order valence-electron chi connectivity index (χ4n) is 5.74. The zero-order valence-electron chi connectivity index (χ0n) is 22.8. The molecule has 4 amide bonds. The van der Waals surface area contributed by atoms with Crippen LogP contribution >= 0.6 is 0 Å². The van der Waals surface area contributed by atoms with E-state index in [1.54, 1.807) is 14.8 Å². The zero-order valence-corrected chi connectivity index (χ0v) is 22.8. The lowest BCUT2D eigenvalue weighted by atomic mass is 10.00. The summed E-state index contributed by atoms with van der Waals surface area (Å²) in [4.78, 5) is 48.8. The summed E-state index contributed by atoms with van der Waals surface area (Å²) in [5, 5.41) is 6.45. The lowest BCUT2D eigenvalue weighted by Gasteiger charge is -2.46. The van der Waals surface area contributed by atoms with Crippen LogP contribution in [0.2, 0.25) is 0 Å². The molecule has 4 aromatic rings. The molecule has 41 heavy (non-hydrogen) atoms. The first kappa shape index (κ1) is 26.5. The number of amides is 4. The maximum Gasteiger partial charge on any atom is 0.332 e. The van der Waals surface area contributed by atoms with Gasteiger partial charge < -0.3 is 19.5 Å². The highest BCUT2D eigenvalue weighted by atomic mass is 16.3. The number of oxazole rings is 1. The summed E-state index contributed by atoms with van der Waals surface area (Å²) in [5.74, 6) is -0.360. The second kappa shape index (κ2) is 11.4. The van der Waals surface area contributed by atoms with Crippen molar-refractivity contribution in [3.63, 3.8) is 0 Å². The summed E-state index contributed by atoms with van der Waals surface area (Å²) in [6, 6.07) is 23.6. The van der Waals surface area contributed by atoms with Crippen LogP contribution in [0.25, 0.3) is 11.1 Å². The van der Waals surface area contributed by atoms with Crippen molar-refractivity contribution < 1.29 is 18.8 Å². The predicted octanol–water partition coefficient (Wildman–Crippen LogP) is 3.92. The number of aromatic nitrogens is 1. The minimum Gasteiger partial charge on any atom is -0.443 e. The van der Waals surface area contributed by atoms with Crippen molar-refractivity contribution in [1.29, 1.82) is 0 Å². The van der Waals surface area contributed by atoms with Gasteiger partial charge in [-0.3, -0.25) is 14.6 Å². The standard InChI is InChI=1S/C31H32N6O4/c1-2-16-35(31(40)32-17-22-10-5-3-6-11-22)36-20-27(38)37-26(36)19-34(30(39)28(37)23-12-7-4-8-13-23)18-24-14-9-15-25-29(24)41-21-33-25/h3-15,21,26,28H,2,16-20H2,1H3,(H,32,40)/t26-,28+/m1/s1. The molecule has 2 aliphatic heterocycles. The molecule has 0 radical (unpaired) electrons. The Morgan fingerprint density at radius 3 is 2.54 bits per heavy atom. The first-order valence-electron chi connectivity index (χ1n) is 13.9. The van der Waals surface area contributed by atoms with Crippen molar-refractivity contribution in [3.8, 4) is 0 Å². The first-order chi connectivity index (χ1) is 20.0. The van der Waals surface area contributed by atoms with Gasteiger partial charge in [-0.15, -0.1) is 0 Å². The van der Waals surface area contributed by atoms with Gasteiger partial charge in [-0.25, -0.2) is 9.78 Å². The zero-order chi connectivity index (χ0) is 28.3. The molecule has 0 aliphatic carbocycles. The van der Waals surface area contributed by atoms with Gasteiger partial charge in [0.1, 0.15) is 17.7 Å². The van der Waals surface area contributed by atoms with Gasteiger partial charge in [0, 0.05) is 25.2 Å². The van der Waals surface area contributed by atoms with E-state index in [1.807, 2.05) is 90.8 Å². The number of hydrazine groups is 1. The molecule has 0 bridgehead atoms. The third-order valence-corrected chi connectivity index (χ3v) is 7.64. The number of benzene rings is 3. The summed E-state index contributed by atoms with van der Waals surface area (Å²) in [6.07, 6.45) is 1.58. The van der Waals surface area contributed by atoms with Crippen LogP contribution in [0.15, 0.2) is 89.7 Å². The van der Waals surface area contributed by atoms with E-state index >= 15 is 0 Å². The van der Waals surface area contributed by atoms with Gasteiger partial charge in [-0.2, -0.15) is 5.01 Å². The number of para-hydroxylation sites is 1. The highest BCUT2D eigenvalue weighted by Gasteiger charge is 2.52. The van der Waals surface area contributed by atoms with Crippen LogP contribution in [0, 0.1) is 0 Å². The number of rotatable bonds is 8. The van der Waals surface area contributed by atoms with Gasteiger partial charge in [0.25, 0.3) is 5.91 Å². The van der Waals surface area contributed by atoms with Crippen LogP contribution in [-0.2, 0) is 22.7 Å². The molecule has 10 nitrogen and oxygen atoms in total. The van der Waals surface area contributed by atoms with Gasteiger partial charge in [0.15, 0.2) is 12.0 Å². The second-order valence-corrected chi connectivity index (χ2v) is 10.3. The molecule has 3 aromatic carbocycles. The smallest absolute Gasteiger partial charge is 0.332 e. The van der Waals surface area contributed by atoms with Crippen LogP contribution < -0.4 is 5.32 Å². The number of hydrogen-bond acceptors (Lipinski definition) is 6. The monoisotopic (exact) mass is 552 g/mol. The van der Waals surface area contributed by atoms with Crippen molar-refractivity contribution in [2.45, 2.75) is 38.6 Å². The molecule has 2 aliphatic rings. The summed E-state index contributed by atoms with van der Waals surface area (Å²) >= 11 is 0. The van der Waals surface area contributed by atoms with Crippen molar-refractivity contribution >= 4 is 28.9 Å². The van der Waals surface area contributed by atoms with Crippen LogP contribution in [0.3, 0.4) is 0 Å². The maximum absolute atomic E-state index is 14.1. The molecular formula is C31H32N6O4. The fourth-order valence-corrected chi connectivity index (χ4v) is 5.74. The minimum atomic E-state index is -0.808. The first-order valence-corrected chi connectivity index (χ1v) is 13.9. The highest BCUT2D eigenvalue weighted by Crippen LogP contribution is 2.36. The number of piperazine rings is 1. The van der Waals surface area contributed by atoms with E-state index in [0.29, 0.717) is 25.1 Å². The third-order valence-electron chi connectivity index (χ3n) is 7.64. The Bertz CT molecular complexity index is 1540. The number of fused-ring (bicyclic) bond motifs is 2. The Morgan fingerprint density at radius 1 is 1.02 bits per heavy atom. The van der Waals surface area contributed by atoms with E-state index in [0.717, 1.165) is 22.2 Å². The van der Waals surface area contributed by atoms with Gasteiger partial charge in [0.05, 0.1) is 13.1 Å². The van der Waals surface area contributed by atoms with Gasteiger partial charge in [-0.1, -0.05) is 79.7 Å². The Labute approximate surface area is 238 Å². The number of nitrogens with zero attached hydrogens (tertiary/aromatic N) is 5. The van der Waals surface area contributed by atoms with Crippen LogP contribution in [0.4, 0.5) is 4.79 Å². The summed E-state index contributed by atoms with van der Waals surface area (Å²) in [5.41, 5.74) is 3.89. The molecule has 1 N–H and O–H groups in total. The highest BCUT2D eigenvalue weighted by molar-refractivity contribution is 5.92. The molecule has 2 fully saturated rings. The van der Waals surface area contributed by atoms with Crippen LogP contribution in [0.1, 0.15) is 36.1 Å². The molecule has 2 saturated heterocycles. The average Bonchev–Trinajstić information content (AvgIpc) is 3.61. The molecule has 0 saturated carbocycles. The van der Waals surface area contributed by atoms with Crippen molar-refractivity contribution in [1.82, 2.24) is 30.1 Å². The molecular weight excluding hydrogens is 520 g/mol. The summed E-state index contributed by atoms with van der Waals surface area (Å²) < 4.78 is 5.64. The Morgan fingerprint density at radius 2 is 1.78 bits per heavy atom. The van der Waals surface area contributed by atoms with Crippen molar-refractivity contribution in [2.24, 2.45) is 0 Å². The molecule has 0 unspecified atom stereocenters. The van der Waals surface area contributed by atoms with E-state index in [-0.39, 0.29) is 37.5 Å². The van der Waals surface area contributed by atoms with E-state index in [9.17, 15) is 14.4 Å². The Kier molecular flexibility index (Phi) is 7.39. The lowest BCUT2D eigenvalue weighted by molar-refractivity contribution is -0.158. The topological polar surface area (TPSA) is 102 Å². The third kappa shape index (κ3) is 5.14. The molecule has 6 rings (SSSR count). The Hall–Kier alpha value is -4.70. The quantitative estimate of drug-likeness (QED) is 0.356. The number of hydrogen-bond donors (Lipinski definition) is 1. The molecule has 3 heterocycles. The van der Waals surface area contributed by atoms with Crippen molar-refractivity contribution in [3.05, 3.63) is 102 Å². The summed E-state index contributed by atoms with van der Waals surface area (Å²) in [6.45, 7) is 3.33. The molecule has 1 aromatic heterocycles. The maximum atomic E-state index is 14.1. The van der Waals surface area contributed by atoms with Crippen LogP contribution in [-0.4, -0.2) is 68.4 Å². The second-order valence-electron chi connectivity index (χ2n) is 10.3. The summed E-state index contributed by atoms with van der Waals surface area (Å²) in [7, 11) is 0. The van der Waals surface area contributed by atoms with Crippen LogP contribution in [0.5, 0.6) is 0 Å². The van der Waals surface area contributed by atoms with E-state index in [4.69, 9.17) is 4.42 Å². The molecule has 0 spiro atoms. The van der Waals surface area contributed by atoms with Gasteiger partial charge >= 0.3 is 6.03 Å². The molecule has 10 heteroatoms. The number of nitrogens with one attached hydrogen (secondary N) is 1. The predicted molar refractivity (Wildman–Crippen MR) is 152 cm³/mol. The number of carbonyl (C=O) groups excluding carboxylic acids is 3. The van der Waals surface area contributed by atoms with E-state index < -0.39 is 12.2 Å². The number of urea groups is 1. The van der Waals surface area contributed by atoms with Gasteiger partial charge in [-0.05, 0) is 23.6 Å². The SMILES string of the molecule is CCCN(C(=O)NCc1ccccc1)N1CC(=O)N2[C@@H](c3ccccc3)C(=O)N(Cc3cccc4ncoc34)C[C@@H]21. The largest absolute Gasteiger partial charge is 0.443 e. The van der Waals surface area contributed by atoms with Gasteiger partial charge in [0.2, 0.25) is 5.91 Å². The minimum absolute atomic E-state index is 0.00552. The average molecular weight is 553 g/mol. The van der Waals surface area contributed by atoms with Crippen molar-refractivity contribution in [2.75, 3.05) is 19.6 Å². The number of carbonyl (C=O) groups is 3. The van der Waals surface area contributed by atoms with E-state index in [2.05, 4.69) is 10.3 Å². The lowest BCUT2D eigenvalue weighted by Crippen LogP contribution is -2.62. The fraction of sp³-hybridized carbons (Fsp3) is 0.290.